The van der Waals surface area contributed by atoms with Crippen molar-refractivity contribution in [3.05, 3.63) is 102 Å². The minimum absolute atomic E-state index is 0.0501. The number of hydrogen-bond acceptors (Lipinski definition) is 15. The quantitative estimate of drug-likeness (QED) is 0.0313. The van der Waals surface area contributed by atoms with Crippen LogP contribution in [0.2, 0.25) is 18.1 Å². The number of rotatable bonds is 14. The standard InChI is InChI=1S/C49H58O15Si/c1-9-65(10-2,11-3)64-36-26-37-48(28-58-37,63-30(5)50)41-43(62-44(54)31-19-14-12-15-20-31)49(56)27-35(60-38(52)25-33(51)34-23-18-24-57-34)29(4)39(46(49,6)7)40(42(53)47(36,41)8)61-45(55)59-32-21-16-13-17-22-32/h12-24,35-37,40-41,43,56H,9-11,25-28H2,1-8H3/t35-,36-,37+,40+,41-,43-,47+,48-,49+/m0/s1. The Bertz CT molecular complexity index is 2310. The Morgan fingerprint density at radius 2 is 1.51 bits per heavy atom. The first-order valence-corrected chi connectivity index (χ1v) is 24.8. The summed E-state index contributed by atoms with van der Waals surface area (Å²) in [4.78, 5) is 85.3. The largest absolute Gasteiger partial charge is 0.514 e. The fraction of sp³-hybridized carbons (Fsp3) is 0.510. The normalized spacial score (nSPS) is 30.3. The first kappa shape index (κ1) is 47.5. The van der Waals surface area contributed by atoms with Crippen molar-refractivity contribution in [2.24, 2.45) is 16.7 Å². The van der Waals surface area contributed by atoms with E-state index in [2.05, 4.69) is 0 Å². The van der Waals surface area contributed by atoms with Gasteiger partial charge in [0.2, 0.25) is 5.78 Å². The molecule has 0 unspecified atom stereocenters. The summed E-state index contributed by atoms with van der Waals surface area (Å²) in [6.45, 7) is 13.6. The van der Waals surface area contributed by atoms with Gasteiger partial charge in [-0.3, -0.25) is 19.2 Å². The molecule has 0 amide bonds. The Kier molecular flexibility index (Phi) is 13.2. The van der Waals surface area contributed by atoms with Gasteiger partial charge in [0.1, 0.15) is 36.1 Å². The lowest BCUT2D eigenvalue weighted by molar-refractivity contribution is -0.344. The number of Topliss-reactive ketones (excluding diaryl/α,β-unsaturated/α-hetero) is 2. The van der Waals surface area contributed by atoms with Gasteiger partial charge in [-0.2, -0.15) is 0 Å². The average molecular weight is 915 g/mol. The fourth-order valence-corrected chi connectivity index (χ4v) is 13.8. The van der Waals surface area contributed by atoms with Crippen LogP contribution >= 0.6 is 0 Å². The number of fused-ring (bicyclic) bond motifs is 5. The number of para-hydroxylation sites is 1. The number of furan rings is 1. The molecule has 0 spiro atoms. The predicted molar refractivity (Wildman–Crippen MR) is 234 cm³/mol. The van der Waals surface area contributed by atoms with E-state index in [9.17, 15) is 29.1 Å². The van der Waals surface area contributed by atoms with Gasteiger partial charge in [-0.15, -0.1) is 0 Å². The summed E-state index contributed by atoms with van der Waals surface area (Å²) in [6.07, 6.45) is -7.97. The topological polar surface area (TPSA) is 200 Å². The van der Waals surface area contributed by atoms with Gasteiger partial charge >= 0.3 is 24.1 Å². The Labute approximate surface area is 379 Å². The first-order chi connectivity index (χ1) is 30.8. The van der Waals surface area contributed by atoms with Gasteiger partial charge in [-0.1, -0.05) is 71.0 Å². The predicted octanol–water partition coefficient (Wildman–Crippen LogP) is 7.75. The van der Waals surface area contributed by atoms with E-state index in [1.165, 1.54) is 49.6 Å². The van der Waals surface area contributed by atoms with E-state index in [1.54, 1.807) is 64.1 Å². The van der Waals surface area contributed by atoms with Gasteiger partial charge in [0.15, 0.2) is 31.6 Å². The van der Waals surface area contributed by atoms with Crippen LogP contribution in [0.3, 0.4) is 0 Å². The molecule has 9 atom stereocenters. The molecule has 1 aromatic heterocycles. The number of carbonyl (C=O) groups is 6. The smallest absolute Gasteiger partial charge is 0.461 e. The third kappa shape index (κ3) is 8.27. The van der Waals surface area contributed by atoms with Crippen molar-refractivity contribution >= 4 is 43.9 Å². The van der Waals surface area contributed by atoms with Crippen LogP contribution in [0.4, 0.5) is 4.79 Å². The number of ketones is 2. The second kappa shape index (κ2) is 18.1. The van der Waals surface area contributed by atoms with Crippen LogP contribution < -0.4 is 4.74 Å². The van der Waals surface area contributed by atoms with Gasteiger partial charge in [-0.05, 0) is 79.5 Å². The molecule has 2 bridgehead atoms. The number of benzene rings is 2. The Morgan fingerprint density at radius 3 is 2.08 bits per heavy atom. The number of aliphatic hydroxyl groups is 1. The minimum atomic E-state index is -2.66. The van der Waals surface area contributed by atoms with Crippen molar-refractivity contribution in [3.63, 3.8) is 0 Å². The molecule has 1 aliphatic heterocycles. The zero-order valence-corrected chi connectivity index (χ0v) is 39.1. The van der Waals surface area contributed by atoms with E-state index in [0.29, 0.717) is 18.1 Å². The van der Waals surface area contributed by atoms with Gasteiger partial charge in [-0.25, -0.2) is 9.59 Å². The Morgan fingerprint density at radius 1 is 0.862 bits per heavy atom. The molecule has 1 N–H and O–H groups in total. The van der Waals surface area contributed by atoms with Crippen molar-refractivity contribution in [1.29, 1.82) is 0 Å². The number of carbonyl (C=O) groups excluding carboxylic acids is 6. The van der Waals surface area contributed by atoms with E-state index < -0.39 is 115 Å². The van der Waals surface area contributed by atoms with Crippen molar-refractivity contribution in [2.45, 2.75) is 135 Å². The Hall–Kier alpha value is -5.42. The first-order valence-electron chi connectivity index (χ1n) is 22.2. The Balaban J connectivity index is 1.49. The summed E-state index contributed by atoms with van der Waals surface area (Å²) >= 11 is 0. The van der Waals surface area contributed by atoms with Gasteiger partial charge in [0.05, 0.1) is 35.9 Å². The van der Waals surface area contributed by atoms with Crippen LogP contribution in [-0.2, 0) is 42.5 Å². The molecular formula is C49H58O15Si. The van der Waals surface area contributed by atoms with Crippen molar-refractivity contribution in [3.8, 4) is 5.75 Å². The number of esters is 3. The molecule has 16 heteroatoms. The third-order valence-corrected chi connectivity index (χ3v) is 19.4. The van der Waals surface area contributed by atoms with Gasteiger partial charge < -0.3 is 42.4 Å². The van der Waals surface area contributed by atoms with Crippen LogP contribution in [0.5, 0.6) is 5.75 Å². The summed E-state index contributed by atoms with van der Waals surface area (Å²) in [7, 11) is -2.66. The van der Waals surface area contributed by atoms with Crippen LogP contribution in [0.1, 0.15) is 95.6 Å². The monoisotopic (exact) mass is 914 g/mol. The van der Waals surface area contributed by atoms with Gasteiger partial charge in [0, 0.05) is 25.2 Å². The zero-order valence-electron chi connectivity index (χ0n) is 38.1. The van der Waals surface area contributed by atoms with Crippen LogP contribution in [0, 0.1) is 16.7 Å². The summed E-state index contributed by atoms with van der Waals surface area (Å²) in [5.74, 6) is -5.35. The maximum absolute atomic E-state index is 16.5. The molecule has 0 radical (unpaired) electrons. The maximum Gasteiger partial charge on any atom is 0.514 e. The SMILES string of the molecule is CC[Si](CC)(CC)O[C@H]1C[C@H]2OC[C@@]2(OC(C)=O)[C@H]2[C@H](OC(=O)c3ccccc3)[C@]3(O)C[C@H](OC(=O)CC(=O)c4ccco4)C(C)=C([C@@H](OC(=O)Oc4ccccc4)C(=O)[C@]12C)C3(C)C. The summed E-state index contributed by atoms with van der Waals surface area (Å²) in [5, 5.41) is 14.0. The summed E-state index contributed by atoms with van der Waals surface area (Å²) in [6, 6.07) is 21.1. The second-order valence-corrected chi connectivity index (χ2v) is 23.0. The molecule has 3 aromatic rings. The molecule has 4 aliphatic rings. The second-order valence-electron chi connectivity index (χ2n) is 18.3. The highest BCUT2D eigenvalue weighted by atomic mass is 28.4. The molecule has 348 valence electrons. The van der Waals surface area contributed by atoms with E-state index in [-0.39, 0.29) is 41.2 Å². The molecular weight excluding hydrogens is 857 g/mol. The molecule has 2 heterocycles. The highest BCUT2D eigenvalue weighted by Crippen LogP contribution is 2.65. The minimum Gasteiger partial charge on any atom is -0.461 e. The van der Waals surface area contributed by atoms with Crippen LogP contribution in [-0.4, -0.2) is 97.4 Å². The molecule has 1 saturated heterocycles. The molecule has 65 heavy (non-hydrogen) atoms. The molecule has 3 fully saturated rings. The highest BCUT2D eigenvalue weighted by Gasteiger charge is 2.79. The maximum atomic E-state index is 16.5. The zero-order chi connectivity index (χ0) is 47.1. The van der Waals surface area contributed by atoms with Crippen molar-refractivity contribution < 1.29 is 71.1 Å². The fourth-order valence-electron chi connectivity index (χ4n) is 10.9. The third-order valence-electron chi connectivity index (χ3n) is 14.7. The van der Waals surface area contributed by atoms with Crippen LogP contribution in [0.15, 0.2) is 94.6 Å². The van der Waals surface area contributed by atoms with E-state index in [1.807, 2.05) is 20.8 Å². The lowest BCUT2D eigenvalue weighted by Crippen LogP contribution is -2.82. The van der Waals surface area contributed by atoms with Gasteiger partial charge in [0.25, 0.3) is 0 Å². The van der Waals surface area contributed by atoms with Crippen molar-refractivity contribution in [1.82, 2.24) is 0 Å². The summed E-state index contributed by atoms with van der Waals surface area (Å²) < 4.78 is 49.6. The lowest BCUT2D eigenvalue weighted by Gasteiger charge is -2.68. The van der Waals surface area contributed by atoms with E-state index >= 15 is 4.79 Å². The number of hydrogen-bond donors (Lipinski definition) is 1. The number of ether oxygens (including phenoxy) is 6. The lowest BCUT2D eigenvalue weighted by atomic mass is 9.44. The average Bonchev–Trinajstić information content (AvgIpc) is 3.82. The van der Waals surface area contributed by atoms with E-state index in [4.69, 9.17) is 37.3 Å². The van der Waals surface area contributed by atoms with E-state index in [0.717, 1.165) is 0 Å². The molecule has 15 nitrogen and oxygen atoms in total. The molecule has 3 aliphatic carbocycles. The van der Waals surface area contributed by atoms with Crippen LogP contribution in [0.25, 0.3) is 0 Å². The molecule has 7 rings (SSSR count). The molecule has 2 saturated carbocycles. The highest BCUT2D eigenvalue weighted by molar-refractivity contribution is 6.73. The van der Waals surface area contributed by atoms with Crippen molar-refractivity contribution in [2.75, 3.05) is 6.61 Å². The summed E-state index contributed by atoms with van der Waals surface area (Å²) in [5.41, 5.74) is -7.16. The molecule has 2 aromatic carbocycles.